The van der Waals surface area contributed by atoms with Crippen molar-refractivity contribution in [1.82, 2.24) is 15.5 Å². The van der Waals surface area contributed by atoms with E-state index >= 15 is 0 Å². The highest BCUT2D eigenvalue weighted by atomic mass is 16.4. The number of carbonyl (C=O) groups is 2. The molecule has 1 rings (SSSR count). The Morgan fingerprint density at radius 2 is 2.06 bits per heavy atom. The first-order valence-corrected chi connectivity index (χ1v) is 5.50. The highest BCUT2D eigenvalue weighted by Gasteiger charge is 2.16. The van der Waals surface area contributed by atoms with Crippen molar-refractivity contribution in [3.63, 3.8) is 0 Å². The van der Waals surface area contributed by atoms with Gasteiger partial charge < -0.3 is 15.3 Å². The lowest BCUT2D eigenvalue weighted by Gasteiger charge is -2.25. The van der Waals surface area contributed by atoms with E-state index in [2.05, 4.69) is 15.5 Å². The smallest absolute Gasteiger partial charge is 0.323 e. The molecule has 0 saturated heterocycles. The number of hydrogen-bond donors (Lipinski definition) is 2. The molecule has 0 aliphatic heterocycles. The number of aliphatic carboxylic acids is 1. The molecule has 0 bridgehead atoms. The van der Waals surface area contributed by atoms with E-state index in [1.807, 2.05) is 13.8 Å². The minimum absolute atomic E-state index is 0.0266. The topological polar surface area (TPSA) is 95.4 Å². The van der Waals surface area contributed by atoms with Crippen LogP contribution in [0, 0.1) is 0 Å². The first kappa shape index (κ1) is 13.9. The average Bonchev–Trinajstić information content (AvgIpc) is 2.34. The largest absolute Gasteiger partial charge is 0.480 e. The van der Waals surface area contributed by atoms with E-state index in [-0.39, 0.29) is 24.2 Å². The summed E-state index contributed by atoms with van der Waals surface area (Å²) in [6.07, 6.45) is 0. The van der Waals surface area contributed by atoms with Gasteiger partial charge in [0, 0.05) is 13.1 Å². The van der Waals surface area contributed by atoms with Gasteiger partial charge in [-0.3, -0.25) is 9.59 Å². The number of anilines is 1. The summed E-state index contributed by atoms with van der Waals surface area (Å²) < 4.78 is 0. The van der Waals surface area contributed by atoms with Crippen molar-refractivity contribution in [1.29, 1.82) is 0 Å². The number of carbonyl (C=O) groups excluding carboxylic acids is 1. The van der Waals surface area contributed by atoms with Gasteiger partial charge in [0.15, 0.2) is 11.5 Å². The van der Waals surface area contributed by atoms with E-state index in [1.165, 1.54) is 13.1 Å². The van der Waals surface area contributed by atoms with Crippen LogP contribution in [0.2, 0.25) is 0 Å². The van der Waals surface area contributed by atoms with Crippen LogP contribution in [0.3, 0.4) is 0 Å². The van der Waals surface area contributed by atoms with Gasteiger partial charge in [-0.05, 0) is 26.0 Å². The first-order chi connectivity index (χ1) is 8.45. The predicted octanol–water partition coefficient (Wildman–Crippen LogP) is 0.136. The van der Waals surface area contributed by atoms with Gasteiger partial charge in [-0.1, -0.05) is 0 Å². The Labute approximate surface area is 105 Å². The van der Waals surface area contributed by atoms with Crippen LogP contribution in [0.4, 0.5) is 5.82 Å². The number of aromatic nitrogens is 2. The molecule has 18 heavy (non-hydrogen) atoms. The van der Waals surface area contributed by atoms with Crippen molar-refractivity contribution in [3.05, 3.63) is 17.8 Å². The van der Waals surface area contributed by atoms with Crippen LogP contribution in [0.1, 0.15) is 24.3 Å². The highest BCUT2D eigenvalue weighted by Crippen LogP contribution is 2.12. The van der Waals surface area contributed by atoms with Gasteiger partial charge in [0.25, 0.3) is 5.91 Å². The van der Waals surface area contributed by atoms with Crippen LogP contribution >= 0.6 is 0 Å². The van der Waals surface area contributed by atoms with Crippen LogP contribution in [0.25, 0.3) is 0 Å². The molecule has 0 unspecified atom stereocenters. The number of carboxylic acids is 1. The summed E-state index contributed by atoms with van der Waals surface area (Å²) in [6, 6.07) is 3.07. The molecular weight excluding hydrogens is 236 g/mol. The molecule has 2 N–H and O–H groups in total. The van der Waals surface area contributed by atoms with E-state index in [1.54, 1.807) is 11.0 Å². The molecule has 0 fully saturated rings. The Balaban J connectivity index is 2.93. The monoisotopic (exact) mass is 252 g/mol. The molecule has 0 aliphatic carbocycles. The Morgan fingerprint density at radius 1 is 1.39 bits per heavy atom. The third kappa shape index (κ3) is 3.41. The van der Waals surface area contributed by atoms with E-state index in [0.29, 0.717) is 5.82 Å². The van der Waals surface area contributed by atoms with Crippen LogP contribution in [-0.2, 0) is 4.79 Å². The molecule has 1 aromatic heterocycles. The molecule has 1 aromatic rings. The Hall–Kier alpha value is -2.18. The lowest BCUT2D eigenvalue weighted by Crippen LogP contribution is -2.36. The zero-order chi connectivity index (χ0) is 13.7. The molecule has 0 spiro atoms. The molecule has 7 nitrogen and oxygen atoms in total. The van der Waals surface area contributed by atoms with Crippen LogP contribution < -0.4 is 10.2 Å². The van der Waals surface area contributed by atoms with Crippen LogP contribution in [-0.4, -0.2) is 46.8 Å². The summed E-state index contributed by atoms with van der Waals surface area (Å²) in [6.45, 7) is 3.56. The second kappa shape index (κ2) is 5.95. The molecule has 0 saturated carbocycles. The Morgan fingerprint density at radius 3 is 2.44 bits per heavy atom. The zero-order valence-corrected chi connectivity index (χ0v) is 10.5. The van der Waals surface area contributed by atoms with Gasteiger partial charge in [-0.25, -0.2) is 0 Å². The Kier molecular flexibility index (Phi) is 4.59. The molecule has 0 aromatic carbocycles. The minimum atomic E-state index is -0.944. The first-order valence-electron chi connectivity index (χ1n) is 5.50. The zero-order valence-electron chi connectivity index (χ0n) is 10.5. The maximum atomic E-state index is 11.3. The maximum Gasteiger partial charge on any atom is 0.323 e. The SMILES string of the molecule is CNC(=O)c1ccc(N(CC(=O)O)C(C)C)nn1. The third-order valence-corrected chi connectivity index (χ3v) is 2.33. The quantitative estimate of drug-likeness (QED) is 0.773. The molecule has 7 heteroatoms. The number of hydrogen-bond acceptors (Lipinski definition) is 5. The van der Waals surface area contributed by atoms with Gasteiger partial charge in [-0.15, -0.1) is 10.2 Å². The fourth-order valence-electron chi connectivity index (χ4n) is 1.40. The van der Waals surface area contributed by atoms with Crippen molar-refractivity contribution in [2.45, 2.75) is 19.9 Å². The maximum absolute atomic E-state index is 11.3. The molecular formula is C11H16N4O3. The summed E-state index contributed by atoms with van der Waals surface area (Å²) in [4.78, 5) is 23.6. The third-order valence-electron chi connectivity index (χ3n) is 2.33. The van der Waals surface area contributed by atoms with E-state index < -0.39 is 5.97 Å². The lowest BCUT2D eigenvalue weighted by atomic mass is 10.3. The van der Waals surface area contributed by atoms with Crippen molar-refractivity contribution >= 4 is 17.7 Å². The van der Waals surface area contributed by atoms with E-state index in [9.17, 15) is 9.59 Å². The van der Waals surface area contributed by atoms with Crippen LogP contribution in [0.5, 0.6) is 0 Å². The van der Waals surface area contributed by atoms with Crippen molar-refractivity contribution in [3.8, 4) is 0 Å². The summed E-state index contributed by atoms with van der Waals surface area (Å²) in [7, 11) is 1.50. The van der Waals surface area contributed by atoms with Crippen molar-refractivity contribution in [2.24, 2.45) is 0 Å². The van der Waals surface area contributed by atoms with E-state index in [0.717, 1.165) is 0 Å². The van der Waals surface area contributed by atoms with Gasteiger partial charge in [0.2, 0.25) is 0 Å². The summed E-state index contributed by atoms with van der Waals surface area (Å²) >= 11 is 0. The van der Waals surface area contributed by atoms with Crippen LogP contribution in [0.15, 0.2) is 12.1 Å². The number of nitrogens with zero attached hydrogens (tertiary/aromatic N) is 3. The average molecular weight is 252 g/mol. The van der Waals surface area contributed by atoms with Gasteiger partial charge >= 0.3 is 5.97 Å². The molecule has 0 aliphatic rings. The van der Waals surface area contributed by atoms with Gasteiger partial charge in [-0.2, -0.15) is 0 Å². The fraction of sp³-hybridized carbons (Fsp3) is 0.455. The number of amides is 1. The van der Waals surface area contributed by atoms with Gasteiger partial charge in [0.05, 0.1) is 0 Å². The summed E-state index contributed by atoms with van der Waals surface area (Å²) in [5.41, 5.74) is 0.195. The van der Waals surface area contributed by atoms with Gasteiger partial charge in [0.1, 0.15) is 6.54 Å². The molecule has 1 amide bonds. The second-order valence-corrected chi connectivity index (χ2v) is 3.97. The Bertz CT molecular complexity index is 430. The molecule has 1 heterocycles. The number of carboxylic acid groups (broad SMARTS) is 1. The molecule has 0 atom stereocenters. The normalized spacial score (nSPS) is 10.2. The number of nitrogens with one attached hydrogen (secondary N) is 1. The van der Waals surface area contributed by atoms with Crippen molar-refractivity contribution < 1.29 is 14.7 Å². The predicted molar refractivity (Wildman–Crippen MR) is 65.5 cm³/mol. The summed E-state index contributed by atoms with van der Waals surface area (Å²) in [5, 5.41) is 18.9. The number of rotatable bonds is 5. The highest BCUT2D eigenvalue weighted by molar-refractivity contribution is 5.91. The standard InChI is InChI=1S/C11H16N4O3/c1-7(2)15(6-10(16)17)9-5-4-8(13-14-9)11(18)12-3/h4-5,7H,6H2,1-3H3,(H,12,18)(H,16,17). The second-order valence-electron chi connectivity index (χ2n) is 3.97. The molecule has 0 radical (unpaired) electrons. The lowest BCUT2D eigenvalue weighted by molar-refractivity contribution is -0.135. The summed E-state index contributed by atoms with van der Waals surface area (Å²) in [5.74, 6) is -0.843. The van der Waals surface area contributed by atoms with E-state index in [4.69, 9.17) is 5.11 Å². The minimum Gasteiger partial charge on any atom is -0.480 e. The van der Waals surface area contributed by atoms with Crippen molar-refractivity contribution in [2.75, 3.05) is 18.5 Å². The molecule has 98 valence electrons. The fourth-order valence-corrected chi connectivity index (χ4v) is 1.40.